The third kappa shape index (κ3) is 4.52. The van der Waals surface area contributed by atoms with E-state index in [1.54, 1.807) is 31.6 Å². The van der Waals surface area contributed by atoms with Crippen molar-refractivity contribution in [2.45, 2.75) is 19.8 Å². The molecule has 0 spiro atoms. The van der Waals surface area contributed by atoms with Crippen molar-refractivity contribution in [3.63, 3.8) is 0 Å². The van der Waals surface area contributed by atoms with Crippen LogP contribution < -0.4 is 15.5 Å². The number of aromatic nitrogens is 3. The highest BCUT2D eigenvalue weighted by Gasteiger charge is 2.22. The molecule has 0 aromatic carbocycles. The van der Waals surface area contributed by atoms with Crippen LogP contribution in [0.2, 0.25) is 0 Å². The summed E-state index contributed by atoms with van der Waals surface area (Å²) in [5.74, 6) is 0.578. The minimum absolute atomic E-state index is 0.231. The Balaban J connectivity index is 1.40. The first-order valence-electron chi connectivity index (χ1n) is 8.15. The molecule has 2 N–H and O–H groups in total. The summed E-state index contributed by atoms with van der Waals surface area (Å²) in [6.45, 7) is 3.88. The fourth-order valence-corrected chi connectivity index (χ4v) is 2.74. The van der Waals surface area contributed by atoms with Crippen LogP contribution in [0, 0.1) is 12.8 Å². The van der Waals surface area contributed by atoms with Crippen molar-refractivity contribution in [3.05, 3.63) is 30.4 Å². The number of hydrogen-bond acceptors (Lipinski definition) is 7. The van der Waals surface area contributed by atoms with Crippen LogP contribution >= 0.6 is 0 Å². The number of rotatable bonds is 4. The number of hydrogen-bond donors (Lipinski definition) is 2. The second-order valence-electron chi connectivity index (χ2n) is 5.98. The maximum absolute atomic E-state index is 11.9. The van der Waals surface area contributed by atoms with Gasteiger partial charge in [0.2, 0.25) is 0 Å². The summed E-state index contributed by atoms with van der Waals surface area (Å²) in [7, 11) is 0. The molecule has 9 nitrogen and oxygen atoms in total. The molecule has 0 bridgehead atoms. The zero-order valence-corrected chi connectivity index (χ0v) is 13.9. The number of anilines is 2. The fourth-order valence-electron chi connectivity index (χ4n) is 2.74. The van der Waals surface area contributed by atoms with Crippen LogP contribution in [-0.4, -0.2) is 46.6 Å². The standard InChI is InChI=1S/C16H20N6O3/c1-11-8-13(21-25-11)20-16(24)15(23)19-9-12-2-6-22(7-3-12)14-10-17-4-5-18-14/h4-5,8,10,12H,2-3,6-7,9H2,1H3,(H,19,23)(H,20,21,24). The summed E-state index contributed by atoms with van der Waals surface area (Å²) in [4.78, 5) is 34.2. The molecule has 3 heterocycles. The average molecular weight is 344 g/mol. The van der Waals surface area contributed by atoms with Gasteiger partial charge in [0.15, 0.2) is 5.82 Å². The van der Waals surface area contributed by atoms with E-state index in [1.807, 2.05) is 0 Å². The van der Waals surface area contributed by atoms with E-state index in [4.69, 9.17) is 4.52 Å². The summed E-state index contributed by atoms with van der Waals surface area (Å²) < 4.78 is 4.84. The predicted molar refractivity (Wildman–Crippen MR) is 89.8 cm³/mol. The first-order valence-corrected chi connectivity index (χ1v) is 8.15. The summed E-state index contributed by atoms with van der Waals surface area (Å²) in [5.41, 5.74) is 0. The zero-order chi connectivity index (χ0) is 17.6. The number of amides is 2. The molecule has 2 amide bonds. The van der Waals surface area contributed by atoms with Crippen LogP contribution in [-0.2, 0) is 9.59 Å². The highest BCUT2D eigenvalue weighted by atomic mass is 16.5. The van der Waals surface area contributed by atoms with Crippen molar-refractivity contribution in [2.75, 3.05) is 29.9 Å². The zero-order valence-electron chi connectivity index (χ0n) is 13.9. The fraction of sp³-hybridized carbons (Fsp3) is 0.438. The molecule has 0 unspecified atom stereocenters. The second kappa shape index (κ2) is 7.73. The molecule has 9 heteroatoms. The SMILES string of the molecule is Cc1cc(NC(=O)C(=O)NCC2CCN(c3cnccn3)CC2)no1. The Labute approximate surface area is 144 Å². The van der Waals surface area contributed by atoms with Crippen LogP contribution in [0.3, 0.4) is 0 Å². The normalized spacial score (nSPS) is 15.0. The molecule has 25 heavy (non-hydrogen) atoms. The Morgan fingerprint density at radius 1 is 1.28 bits per heavy atom. The van der Waals surface area contributed by atoms with Gasteiger partial charge in [0.05, 0.1) is 6.20 Å². The van der Waals surface area contributed by atoms with Crippen molar-refractivity contribution in [1.29, 1.82) is 0 Å². The van der Waals surface area contributed by atoms with E-state index >= 15 is 0 Å². The Morgan fingerprint density at radius 3 is 2.72 bits per heavy atom. The average Bonchev–Trinajstić information content (AvgIpc) is 3.05. The lowest BCUT2D eigenvalue weighted by molar-refractivity contribution is -0.136. The lowest BCUT2D eigenvalue weighted by atomic mass is 9.97. The van der Waals surface area contributed by atoms with Crippen LogP contribution in [0.25, 0.3) is 0 Å². The third-order valence-corrected chi connectivity index (χ3v) is 4.12. The van der Waals surface area contributed by atoms with Gasteiger partial charge in [0, 0.05) is 38.1 Å². The van der Waals surface area contributed by atoms with Gasteiger partial charge in [-0.2, -0.15) is 0 Å². The lowest BCUT2D eigenvalue weighted by Gasteiger charge is -2.32. The second-order valence-corrected chi connectivity index (χ2v) is 5.98. The van der Waals surface area contributed by atoms with Gasteiger partial charge in [-0.1, -0.05) is 5.16 Å². The minimum Gasteiger partial charge on any atom is -0.360 e. The maximum Gasteiger partial charge on any atom is 0.314 e. The van der Waals surface area contributed by atoms with E-state index in [2.05, 4.69) is 30.7 Å². The molecule has 0 aliphatic carbocycles. The lowest BCUT2D eigenvalue weighted by Crippen LogP contribution is -2.42. The molecule has 1 aliphatic rings. The molecular weight excluding hydrogens is 324 g/mol. The molecule has 0 atom stereocenters. The molecule has 132 valence electrons. The van der Waals surface area contributed by atoms with Crippen molar-refractivity contribution in [2.24, 2.45) is 5.92 Å². The first-order chi connectivity index (χ1) is 12.1. The van der Waals surface area contributed by atoms with E-state index in [-0.39, 0.29) is 5.82 Å². The highest BCUT2D eigenvalue weighted by molar-refractivity contribution is 6.39. The van der Waals surface area contributed by atoms with Gasteiger partial charge >= 0.3 is 11.8 Å². The number of aryl methyl sites for hydroxylation is 1. The van der Waals surface area contributed by atoms with Crippen LogP contribution in [0.1, 0.15) is 18.6 Å². The topological polar surface area (TPSA) is 113 Å². The van der Waals surface area contributed by atoms with Crippen molar-refractivity contribution in [3.8, 4) is 0 Å². The largest absolute Gasteiger partial charge is 0.360 e. The van der Waals surface area contributed by atoms with E-state index in [0.717, 1.165) is 31.7 Å². The summed E-state index contributed by atoms with van der Waals surface area (Å²) >= 11 is 0. The van der Waals surface area contributed by atoms with E-state index in [1.165, 1.54) is 0 Å². The first kappa shape index (κ1) is 16.9. The minimum atomic E-state index is -0.745. The number of nitrogens with zero attached hydrogens (tertiary/aromatic N) is 4. The molecule has 2 aromatic rings. The summed E-state index contributed by atoms with van der Waals surface area (Å²) in [6, 6.07) is 1.55. The number of piperidine rings is 1. The van der Waals surface area contributed by atoms with Crippen molar-refractivity contribution in [1.82, 2.24) is 20.4 Å². The molecule has 1 saturated heterocycles. The molecule has 1 fully saturated rings. The summed E-state index contributed by atoms with van der Waals surface area (Å²) in [5, 5.41) is 8.70. The quantitative estimate of drug-likeness (QED) is 0.787. The smallest absolute Gasteiger partial charge is 0.314 e. The van der Waals surface area contributed by atoms with Crippen LogP contribution in [0.5, 0.6) is 0 Å². The molecule has 0 radical (unpaired) electrons. The van der Waals surface area contributed by atoms with Gasteiger partial charge in [-0.3, -0.25) is 19.9 Å². The monoisotopic (exact) mass is 344 g/mol. The van der Waals surface area contributed by atoms with Gasteiger partial charge in [0.25, 0.3) is 0 Å². The van der Waals surface area contributed by atoms with Gasteiger partial charge in [0.1, 0.15) is 11.6 Å². The number of carbonyl (C=O) groups excluding carboxylic acids is 2. The number of nitrogens with one attached hydrogen (secondary N) is 2. The van der Waals surface area contributed by atoms with Gasteiger partial charge in [-0.25, -0.2) is 4.98 Å². The molecule has 0 saturated carbocycles. The number of carbonyl (C=O) groups is 2. The van der Waals surface area contributed by atoms with Crippen LogP contribution in [0.4, 0.5) is 11.6 Å². The third-order valence-electron chi connectivity index (χ3n) is 4.12. The van der Waals surface area contributed by atoms with Gasteiger partial charge < -0.3 is 14.7 Å². The summed E-state index contributed by atoms with van der Waals surface area (Å²) in [6.07, 6.45) is 6.91. The molecular formula is C16H20N6O3. The van der Waals surface area contributed by atoms with E-state index < -0.39 is 11.8 Å². The highest BCUT2D eigenvalue weighted by Crippen LogP contribution is 2.20. The Kier molecular flexibility index (Phi) is 5.22. The van der Waals surface area contributed by atoms with Crippen molar-refractivity contribution < 1.29 is 14.1 Å². The van der Waals surface area contributed by atoms with E-state index in [0.29, 0.717) is 18.2 Å². The predicted octanol–water partition coefficient (Wildman–Crippen LogP) is 0.744. The Hall–Kier alpha value is -2.97. The molecule has 2 aromatic heterocycles. The Morgan fingerprint density at radius 2 is 2.08 bits per heavy atom. The van der Waals surface area contributed by atoms with Gasteiger partial charge in [-0.05, 0) is 25.7 Å². The molecule has 3 rings (SSSR count). The Bertz CT molecular complexity index is 724. The van der Waals surface area contributed by atoms with Crippen LogP contribution in [0.15, 0.2) is 29.2 Å². The van der Waals surface area contributed by atoms with Crippen molar-refractivity contribution >= 4 is 23.5 Å². The molecule has 1 aliphatic heterocycles. The van der Waals surface area contributed by atoms with Gasteiger partial charge in [-0.15, -0.1) is 0 Å². The van der Waals surface area contributed by atoms with E-state index in [9.17, 15) is 9.59 Å². The maximum atomic E-state index is 11.9.